The molecular weight excluding hydrogens is 354 g/mol. The van der Waals surface area contributed by atoms with Gasteiger partial charge in [-0.3, -0.25) is 4.79 Å². The van der Waals surface area contributed by atoms with Crippen molar-refractivity contribution in [1.82, 2.24) is 5.32 Å². The summed E-state index contributed by atoms with van der Waals surface area (Å²) in [5, 5.41) is 2.86. The quantitative estimate of drug-likeness (QED) is 0.613. The molecule has 0 radical (unpaired) electrons. The molecule has 3 aromatic rings. The Morgan fingerprint density at radius 2 is 1.43 bits per heavy atom. The van der Waals surface area contributed by atoms with Crippen molar-refractivity contribution in [2.75, 3.05) is 13.7 Å². The van der Waals surface area contributed by atoms with E-state index in [4.69, 9.17) is 14.2 Å². The van der Waals surface area contributed by atoms with Crippen molar-refractivity contribution in [3.63, 3.8) is 0 Å². The standard InChI is InChI=1S/C23H23NO4/c1-26-21-13-7-8-14-22(21)28-17-23(25)24-15-19-11-5-6-12-20(19)27-16-18-9-3-2-4-10-18/h2-14H,15-17H2,1H3,(H,24,25). The van der Waals surface area contributed by atoms with Gasteiger partial charge in [-0.1, -0.05) is 60.7 Å². The second kappa shape index (κ2) is 10.0. The van der Waals surface area contributed by atoms with Gasteiger partial charge in [-0.25, -0.2) is 0 Å². The number of amides is 1. The molecule has 1 N–H and O–H groups in total. The van der Waals surface area contributed by atoms with Gasteiger partial charge in [0.25, 0.3) is 5.91 Å². The third-order valence-electron chi connectivity index (χ3n) is 4.11. The molecule has 0 saturated carbocycles. The number of para-hydroxylation sites is 3. The average molecular weight is 377 g/mol. The van der Waals surface area contributed by atoms with E-state index in [0.717, 1.165) is 16.9 Å². The summed E-state index contributed by atoms with van der Waals surface area (Å²) >= 11 is 0. The number of hydrogen-bond donors (Lipinski definition) is 1. The molecule has 0 aliphatic rings. The number of nitrogens with one attached hydrogen (secondary N) is 1. The van der Waals surface area contributed by atoms with Crippen molar-refractivity contribution in [2.45, 2.75) is 13.2 Å². The van der Waals surface area contributed by atoms with Crippen LogP contribution in [0.3, 0.4) is 0 Å². The Bertz CT molecular complexity index is 896. The summed E-state index contributed by atoms with van der Waals surface area (Å²) in [6.45, 7) is 0.745. The van der Waals surface area contributed by atoms with Gasteiger partial charge in [-0.15, -0.1) is 0 Å². The zero-order valence-corrected chi connectivity index (χ0v) is 15.8. The molecule has 0 unspecified atom stereocenters. The van der Waals surface area contributed by atoms with E-state index >= 15 is 0 Å². The highest BCUT2D eigenvalue weighted by atomic mass is 16.5. The van der Waals surface area contributed by atoms with Gasteiger partial charge < -0.3 is 19.5 Å². The number of carbonyl (C=O) groups is 1. The van der Waals surface area contributed by atoms with Crippen LogP contribution in [0.1, 0.15) is 11.1 Å². The lowest BCUT2D eigenvalue weighted by molar-refractivity contribution is -0.123. The highest BCUT2D eigenvalue weighted by Crippen LogP contribution is 2.25. The van der Waals surface area contributed by atoms with Gasteiger partial charge in [0.2, 0.25) is 0 Å². The number of benzene rings is 3. The van der Waals surface area contributed by atoms with Crippen molar-refractivity contribution in [2.24, 2.45) is 0 Å². The van der Waals surface area contributed by atoms with E-state index < -0.39 is 0 Å². The maximum Gasteiger partial charge on any atom is 0.258 e. The summed E-state index contributed by atoms with van der Waals surface area (Å²) < 4.78 is 16.7. The topological polar surface area (TPSA) is 56.8 Å². The maximum absolute atomic E-state index is 12.2. The molecule has 3 rings (SSSR count). The van der Waals surface area contributed by atoms with Crippen molar-refractivity contribution < 1.29 is 19.0 Å². The Morgan fingerprint density at radius 3 is 2.18 bits per heavy atom. The van der Waals surface area contributed by atoms with Crippen molar-refractivity contribution in [1.29, 1.82) is 0 Å². The number of carbonyl (C=O) groups excluding carboxylic acids is 1. The van der Waals surface area contributed by atoms with Crippen molar-refractivity contribution >= 4 is 5.91 Å². The monoisotopic (exact) mass is 377 g/mol. The minimum atomic E-state index is -0.219. The smallest absolute Gasteiger partial charge is 0.258 e. The summed E-state index contributed by atoms with van der Waals surface area (Å²) in [7, 11) is 1.56. The van der Waals surface area contributed by atoms with Crippen LogP contribution in [0.15, 0.2) is 78.9 Å². The van der Waals surface area contributed by atoms with E-state index in [9.17, 15) is 4.79 Å². The lowest BCUT2D eigenvalue weighted by Gasteiger charge is -2.13. The van der Waals surface area contributed by atoms with Crippen molar-refractivity contribution in [3.05, 3.63) is 90.0 Å². The molecule has 0 heterocycles. The summed E-state index contributed by atoms with van der Waals surface area (Å²) in [4.78, 5) is 12.2. The second-order valence-corrected chi connectivity index (χ2v) is 6.10. The summed E-state index contributed by atoms with van der Waals surface area (Å²) in [6, 6.07) is 24.8. The molecule has 3 aromatic carbocycles. The molecular formula is C23H23NO4. The lowest BCUT2D eigenvalue weighted by Crippen LogP contribution is -2.28. The zero-order chi connectivity index (χ0) is 19.6. The molecule has 0 fully saturated rings. The summed E-state index contributed by atoms with van der Waals surface area (Å²) in [5.74, 6) is 1.66. The highest BCUT2D eigenvalue weighted by Gasteiger charge is 2.09. The van der Waals surface area contributed by atoms with Crippen LogP contribution in [0.2, 0.25) is 0 Å². The van der Waals surface area contributed by atoms with Crippen LogP contribution in [0, 0.1) is 0 Å². The Morgan fingerprint density at radius 1 is 0.786 bits per heavy atom. The minimum absolute atomic E-state index is 0.0899. The minimum Gasteiger partial charge on any atom is -0.493 e. The van der Waals surface area contributed by atoms with Gasteiger partial charge in [0.1, 0.15) is 12.4 Å². The molecule has 5 heteroatoms. The Hall–Kier alpha value is -3.47. The van der Waals surface area contributed by atoms with Gasteiger partial charge in [-0.2, -0.15) is 0 Å². The SMILES string of the molecule is COc1ccccc1OCC(=O)NCc1ccccc1OCc1ccccc1. The van der Waals surface area contributed by atoms with Gasteiger partial charge in [0, 0.05) is 12.1 Å². The summed E-state index contributed by atoms with van der Waals surface area (Å²) in [5.41, 5.74) is 2.00. The highest BCUT2D eigenvalue weighted by molar-refractivity contribution is 5.77. The average Bonchev–Trinajstić information content (AvgIpc) is 2.76. The second-order valence-electron chi connectivity index (χ2n) is 6.10. The predicted octanol–water partition coefficient (Wildman–Crippen LogP) is 3.97. The first-order valence-corrected chi connectivity index (χ1v) is 9.03. The molecule has 28 heavy (non-hydrogen) atoms. The molecule has 144 valence electrons. The lowest BCUT2D eigenvalue weighted by atomic mass is 10.2. The predicted molar refractivity (Wildman–Crippen MR) is 108 cm³/mol. The Balaban J connectivity index is 1.52. The first-order chi connectivity index (χ1) is 13.8. The van der Waals surface area contributed by atoms with E-state index in [1.807, 2.05) is 66.7 Å². The molecule has 0 aliphatic carbocycles. The van der Waals surface area contributed by atoms with Crippen LogP contribution in [-0.2, 0) is 17.9 Å². The molecule has 0 aromatic heterocycles. The molecule has 5 nitrogen and oxygen atoms in total. The molecule has 0 spiro atoms. The number of methoxy groups -OCH3 is 1. The Kier molecular flexibility index (Phi) is 6.90. The zero-order valence-electron chi connectivity index (χ0n) is 15.8. The van der Waals surface area contributed by atoms with Gasteiger partial charge in [0.05, 0.1) is 7.11 Å². The van der Waals surface area contributed by atoms with Crippen LogP contribution >= 0.6 is 0 Å². The van der Waals surface area contributed by atoms with Crippen molar-refractivity contribution in [3.8, 4) is 17.2 Å². The fraction of sp³-hybridized carbons (Fsp3) is 0.174. The van der Waals surface area contributed by atoms with Gasteiger partial charge >= 0.3 is 0 Å². The molecule has 1 amide bonds. The van der Waals surface area contributed by atoms with Crippen LogP contribution in [-0.4, -0.2) is 19.6 Å². The molecule has 0 atom stereocenters. The third kappa shape index (κ3) is 5.51. The van der Waals surface area contributed by atoms with Gasteiger partial charge in [-0.05, 0) is 23.8 Å². The van der Waals surface area contributed by atoms with Crippen LogP contribution in [0.5, 0.6) is 17.2 Å². The van der Waals surface area contributed by atoms with E-state index in [-0.39, 0.29) is 12.5 Å². The van der Waals surface area contributed by atoms with Crippen LogP contribution in [0.4, 0.5) is 0 Å². The maximum atomic E-state index is 12.2. The van der Waals surface area contributed by atoms with Crippen LogP contribution in [0.25, 0.3) is 0 Å². The van der Waals surface area contributed by atoms with Crippen LogP contribution < -0.4 is 19.5 Å². The Labute approximate surface area is 164 Å². The molecule has 0 saturated heterocycles. The number of ether oxygens (including phenoxy) is 3. The summed E-state index contributed by atoms with van der Waals surface area (Å²) in [6.07, 6.45) is 0. The number of hydrogen-bond acceptors (Lipinski definition) is 4. The van der Waals surface area contributed by atoms with E-state index in [2.05, 4.69) is 5.32 Å². The number of rotatable bonds is 9. The fourth-order valence-corrected chi connectivity index (χ4v) is 2.65. The third-order valence-corrected chi connectivity index (χ3v) is 4.11. The molecule has 0 aliphatic heterocycles. The fourth-order valence-electron chi connectivity index (χ4n) is 2.65. The first-order valence-electron chi connectivity index (χ1n) is 9.03. The molecule has 0 bridgehead atoms. The van der Waals surface area contributed by atoms with Gasteiger partial charge in [0.15, 0.2) is 18.1 Å². The van der Waals surface area contributed by atoms with E-state index in [0.29, 0.717) is 24.7 Å². The van der Waals surface area contributed by atoms with E-state index in [1.54, 1.807) is 19.2 Å². The normalized spacial score (nSPS) is 10.2. The first kappa shape index (κ1) is 19.3. The largest absolute Gasteiger partial charge is 0.493 e. The van der Waals surface area contributed by atoms with E-state index in [1.165, 1.54) is 0 Å².